The highest BCUT2D eigenvalue weighted by Gasteiger charge is 2.31. The Kier molecular flexibility index (Phi) is 6.26. The minimum atomic E-state index is 0.808. The molecule has 0 radical (unpaired) electrons. The number of benzene rings is 4. The van der Waals surface area contributed by atoms with Gasteiger partial charge in [-0.3, -0.25) is 0 Å². The quantitative estimate of drug-likeness (QED) is 0.290. The first-order valence-electron chi connectivity index (χ1n) is 11.8. The van der Waals surface area contributed by atoms with Gasteiger partial charge >= 0.3 is 0 Å². The van der Waals surface area contributed by atoms with Gasteiger partial charge in [0.1, 0.15) is 17.2 Å². The normalized spacial score (nSPS) is 12.9. The van der Waals surface area contributed by atoms with Gasteiger partial charge in [0.05, 0.1) is 27.0 Å². The van der Waals surface area contributed by atoms with E-state index in [-0.39, 0.29) is 0 Å². The molecule has 0 spiro atoms. The van der Waals surface area contributed by atoms with E-state index in [1.54, 1.807) is 21.3 Å². The van der Waals surface area contributed by atoms with E-state index < -0.39 is 0 Å². The number of nitrogens with zero attached hydrogens (tertiary/aromatic N) is 1. The molecular weight excluding hydrogens is 446 g/mol. The van der Waals surface area contributed by atoms with Gasteiger partial charge in [0.15, 0.2) is 0 Å². The molecule has 0 atom stereocenters. The standard InChI is InChI=1S/C32H29NO3/c1-21-6-19-29-22(2)33(25-11-17-28(36-5)18-12-25)32(24-9-15-27(35-4)16-10-24)31(30(29)20-21)23-7-13-26(34-3)14-8-23/h6-20H,2H2,1,3-5H3. The first-order valence-corrected chi connectivity index (χ1v) is 11.8. The Bertz CT molecular complexity index is 1430. The minimum absolute atomic E-state index is 0.808. The van der Waals surface area contributed by atoms with Crippen LogP contribution in [0.1, 0.15) is 27.8 Å². The largest absolute Gasteiger partial charge is 0.497 e. The highest BCUT2D eigenvalue weighted by atomic mass is 16.5. The van der Waals surface area contributed by atoms with Gasteiger partial charge in [-0.15, -0.1) is 0 Å². The Balaban J connectivity index is 1.85. The van der Waals surface area contributed by atoms with E-state index in [1.165, 1.54) is 5.56 Å². The second-order valence-corrected chi connectivity index (χ2v) is 8.71. The van der Waals surface area contributed by atoms with Crippen molar-refractivity contribution in [1.82, 2.24) is 0 Å². The number of hydrogen-bond donors (Lipinski definition) is 0. The smallest absolute Gasteiger partial charge is 0.119 e. The Morgan fingerprint density at radius 2 is 1.08 bits per heavy atom. The van der Waals surface area contributed by atoms with Crippen LogP contribution in [-0.2, 0) is 0 Å². The summed E-state index contributed by atoms with van der Waals surface area (Å²) in [5.41, 5.74) is 9.70. The average Bonchev–Trinajstić information content (AvgIpc) is 2.93. The lowest BCUT2D eigenvalue weighted by molar-refractivity contribution is 0.414. The number of hydrogen-bond acceptors (Lipinski definition) is 4. The first-order chi connectivity index (χ1) is 17.5. The molecule has 1 aliphatic heterocycles. The maximum atomic E-state index is 5.45. The third-order valence-corrected chi connectivity index (χ3v) is 6.56. The van der Waals surface area contributed by atoms with Crippen molar-refractivity contribution >= 4 is 22.7 Å². The van der Waals surface area contributed by atoms with Gasteiger partial charge in [0, 0.05) is 22.5 Å². The van der Waals surface area contributed by atoms with Crippen molar-refractivity contribution in [3.8, 4) is 17.2 Å². The molecule has 0 amide bonds. The lowest BCUT2D eigenvalue weighted by Crippen LogP contribution is -2.25. The number of methoxy groups -OCH3 is 3. The Morgan fingerprint density at radius 3 is 1.61 bits per heavy atom. The fourth-order valence-corrected chi connectivity index (χ4v) is 4.70. The van der Waals surface area contributed by atoms with Crippen LogP contribution in [0.2, 0.25) is 0 Å². The summed E-state index contributed by atoms with van der Waals surface area (Å²) in [4.78, 5) is 2.23. The van der Waals surface area contributed by atoms with Gasteiger partial charge in [-0.25, -0.2) is 0 Å². The van der Waals surface area contributed by atoms with Crippen LogP contribution >= 0.6 is 0 Å². The predicted molar refractivity (Wildman–Crippen MR) is 148 cm³/mol. The molecule has 4 heteroatoms. The number of anilines is 1. The van der Waals surface area contributed by atoms with Gasteiger partial charge in [-0.05, 0) is 84.3 Å². The van der Waals surface area contributed by atoms with Crippen LogP contribution in [0.5, 0.6) is 17.2 Å². The van der Waals surface area contributed by atoms with Crippen LogP contribution in [0.25, 0.3) is 17.0 Å². The molecule has 0 saturated heterocycles. The predicted octanol–water partition coefficient (Wildman–Crippen LogP) is 7.43. The lowest BCUT2D eigenvalue weighted by Gasteiger charge is -2.37. The minimum Gasteiger partial charge on any atom is -0.497 e. The Hall–Kier alpha value is -4.44. The van der Waals surface area contributed by atoms with Crippen LogP contribution in [0.15, 0.2) is 97.6 Å². The zero-order valence-corrected chi connectivity index (χ0v) is 21.0. The van der Waals surface area contributed by atoms with Gasteiger partial charge in [-0.2, -0.15) is 0 Å². The Labute approximate surface area is 212 Å². The van der Waals surface area contributed by atoms with Crippen LogP contribution in [-0.4, -0.2) is 21.3 Å². The van der Waals surface area contributed by atoms with Crippen LogP contribution in [0.3, 0.4) is 0 Å². The zero-order valence-electron chi connectivity index (χ0n) is 21.0. The van der Waals surface area contributed by atoms with Gasteiger partial charge < -0.3 is 19.1 Å². The van der Waals surface area contributed by atoms with Crippen molar-refractivity contribution < 1.29 is 14.2 Å². The second kappa shape index (κ2) is 9.67. The molecule has 180 valence electrons. The monoisotopic (exact) mass is 475 g/mol. The fraction of sp³-hybridized carbons (Fsp3) is 0.125. The average molecular weight is 476 g/mol. The van der Waals surface area contributed by atoms with Crippen LogP contribution in [0.4, 0.5) is 5.69 Å². The molecule has 5 rings (SSSR count). The summed E-state index contributed by atoms with van der Waals surface area (Å²) in [7, 11) is 5.05. The number of ether oxygens (including phenoxy) is 3. The van der Waals surface area contributed by atoms with Gasteiger partial charge in [-0.1, -0.05) is 42.5 Å². The molecule has 1 heterocycles. The number of rotatable bonds is 6. The van der Waals surface area contributed by atoms with Gasteiger partial charge in [0.25, 0.3) is 0 Å². The molecule has 1 aliphatic rings. The highest BCUT2D eigenvalue weighted by molar-refractivity contribution is 6.14. The molecule has 4 aromatic rings. The zero-order chi connectivity index (χ0) is 25.2. The third kappa shape index (κ3) is 4.11. The molecule has 0 saturated carbocycles. The van der Waals surface area contributed by atoms with Gasteiger partial charge in [0.2, 0.25) is 0 Å². The maximum Gasteiger partial charge on any atom is 0.119 e. The van der Waals surface area contributed by atoms with Crippen molar-refractivity contribution in [2.75, 3.05) is 26.2 Å². The van der Waals surface area contributed by atoms with E-state index in [0.717, 1.165) is 62.2 Å². The summed E-state index contributed by atoms with van der Waals surface area (Å²) in [6.07, 6.45) is 0. The van der Waals surface area contributed by atoms with Crippen molar-refractivity contribution in [2.24, 2.45) is 0 Å². The molecule has 0 aliphatic carbocycles. The van der Waals surface area contributed by atoms with E-state index in [1.807, 2.05) is 36.4 Å². The molecule has 0 unspecified atom stereocenters. The number of fused-ring (bicyclic) bond motifs is 1. The molecule has 36 heavy (non-hydrogen) atoms. The van der Waals surface area contributed by atoms with Crippen LogP contribution in [0, 0.1) is 6.92 Å². The van der Waals surface area contributed by atoms with Crippen molar-refractivity contribution in [3.05, 3.63) is 125 Å². The summed E-state index contributed by atoms with van der Waals surface area (Å²) >= 11 is 0. The van der Waals surface area contributed by atoms with Crippen molar-refractivity contribution in [3.63, 3.8) is 0 Å². The Morgan fingerprint density at radius 1 is 0.583 bits per heavy atom. The maximum absolute atomic E-state index is 5.45. The topological polar surface area (TPSA) is 30.9 Å². The second-order valence-electron chi connectivity index (χ2n) is 8.71. The number of aryl methyl sites for hydroxylation is 1. The summed E-state index contributed by atoms with van der Waals surface area (Å²) in [5, 5.41) is 0. The summed E-state index contributed by atoms with van der Waals surface area (Å²) in [6.45, 7) is 6.69. The fourth-order valence-electron chi connectivity index (χ4n) is 4.70. The van der Waals surface area contributed by atoms with E-state index in [9.17, 15) is 0 Å². The first kappa shape index (κ1) is 23.3. The van der Waals surface area contributed by atoms with E-state index in [2.05, 4.69) is 73.0 Å². The molecule has 0 N–H and O–H groups in total. The highest BCUT2D eigenvalue weighted by Crippen LogP contribution is 2.47. The molecule has 0 bridgehead atoms. The van der Waals surface area contributed by atoms with Crippen LogP contribution < -0.4 is 19.1 Å². The van der Waals surface area contributed by atoms with E-state index >= 15 is 0 Å². The summed E-state index contributed by atoms with van der Waals surface area (Å²) in [6, 6.07) is 31.1. The molecule has 0 fully saturated rings. The SMILES string of the molecule is C=C1c2ccc(C)cc2C(c2ccc(OC)cc2)=C(c2ccc(OC)cc2)N1c1ccc(OC)cc1. The summed E-state index contributed by atoms with van der Waals surface area (Å²) < 4.78 is 16.3. The molecule has 0 aromatic heterocycles. The molecular formula is C32H29NO3. The van der Waals surface area contributed by atoms with E-state index in [0.29, 0.717) is 0 Å². The molecule has 4 aromatic carbocycles. The van der Waals surface area contributed by atoms with E-state index in [4.69, 9.17) is 14.2 Å². The summed E-state index contributed by atoms with van der Waals surface area (Å²) in [5.74, 6) is 2.44. The lowest BCUT2D eigenvalue weighted by atomic mass is 9.84. The van der Waals surface area contributed by atoms with Crippen molar-refractivity contribution in [1.29, 1.82) is 0 Å². The van der Waals surface area contributed by atoms with Crippen molar-refractivity contribution in [2.45, 2.75) is 6.92 Å². The third-order valence-electron chi connectivity index (χ3n) is 6.56. The molecule has 4 nitrogen and oxygen atoms in total.